The van der Waals surface area contributed by atoms with Crippen LogP contribution in [0.2, 0.25) is 0 Å². The molecule has 0 bridgehead atoms. The van der Waals surface area contributed by atoms with Gasteiger partial charge in [-0.25, -0.2) is 9.97 Å². The molecule has 0 aromatic carbocycles. The first-order chi connectivity index (χ1) is 8.65. The zero-order valence-corrected chi connectivity index (χ0v) is 11.3. The highest BCUT2D eigenvalue weighted by Crippen LogP contribution is 2.42. The summed E-state index contributed by atoms with van der Waals surface area (Å²) in [6.07, 6.45) is 8.53. The Bertz CT molecular complexity index is 411. The van der Waals surface area contributed by atoms with Crippen molar-refractivity contribution in [2.75, 3.05) is 0 Å². The van der Waals surface area contributed by atoms with Crippen LogP contribution in [0.4, 0.5) is 0 Å². The van der Waals surface area contributed by atoms with Crippen LogP contribution in [0.1, 0.15) is 45.4 Å². The predicted octanol–water partition coefficient (Wildman–Crippen LogP) is 3.38. The number of hydrogen-bond acceptors (Lipinski definition) is 3. The van der Waals surface area contributed by atoms with Gasteiger partial charge in [-0.1, -0.05) is 13.8 Å². The Balaban J connectivity index is 2.04. The van der Waals surface area contributed by atoms with E-state index in [2.05, 4.69) is 29.9 Å². The molecular weight excluding hydrogens is 222 g/mol. The van der Waals surface area contributed by atoms with Crippen LogP contribution in [-0.4, -0.2) is 9.97 Å². The van der Waals surface area contributed by atoms with Crippen molar-refractivity contribution in [3.05, 3.63) is 24.3 Å². The van der Waals surface area contributed by atoms with Crippen LogP contribution >= 0.6 is 0 Å². The van der Waals surface area contributed by atoms with Gasteiger partial charge in [0.1, 0.15) is 5.82 Å². The third-order valence-corrected chi connectivity index (χ3v) is 4.28. The van der Waals surface area contributed by atoms with Crippen LogP contribution in [0.15, 0.2) is 18.5 Å². The van der Waals surface area contributed by atoms with Gasteiger partial charge in [-0.15, -0.1) is 0 Å². The second-order valence-corrected chi connectivity index (χ2v) is 5.82. The van der Waals surface area contributed by atoms with E-state index < -0.39 is 0 Å². The molecule has 3 nitrogen and oxygen atoms in total. The molecule has 0 radical (unpaired) electrons. The number of hydrogen-bond donors (Lipinski definition) is 0. The number of rotatable bonds is 3. The Morgan fingerprint density at radius 2 is 1.94 bits per heavy atom. The van der Waals surface area contributed by atoms with Crippen LogP contribution in [0, 0.1) is 28.6 Å². The highest BCUT2D eigenvalue weighted by Gasteiger charge is 2.37. The Morgan fingerprint density at radius 3 is 2.44 bits per heavy atom. The summed E-state index contributed by atoms with van der Waals surface area (Å²) in [5.74, 6) is 2.32. The molecule has 3 heteroatoms. The molecule has 1 saturated carbocycles. The summed E-state index contributed by atoms with van der Waals surface area (Å²) in [6.45, 7) is 4.56. The Kier molecular flexibility index (Phi) is 3.96. The molecule has 18 heavy (non-hydrogen) atoms. The van der Waals surface area contributed by atoms with Crippen molar-refractivity contribution in [3.63, 3.8) is 0 Å². The maximum absolute atomic E-state index is 9.52. The molecule has 0 aliphatic heterocycles. The predicted molar refractivity (Wildman–Crippen MR) is 70.6 cm³/mol. The van der Waals surface area contributed by atoms with E-state index in [1.165, 1.54) is 0 Å². The van der Waals surface area contributed by atoms with Gasteiger partial charge in [0.15, 0.2) is 0 Å². The molecule has 1 heterocycles. The van der Waals surface area contributed by atoms with E-state index in [1.807, 2.05) is 6.07 Å². The standard InChI is InChI=1S/C15H21N3/c1-12(2)13-4-6-15(11-16,7-5-13)10-14-17-8-3-9-18-14/h3,8-9,12-13H,4-7,10H2,1-2H3. The minimum Gasteiger partial charge on any atom is -0.241 e. The third-order valence-electron chi connectivity index (χ3n) is 4.28. The second-order valence-electron chi connectivity index (χ2n) is 5.82. The molecule has 1 aromatic heterocycles. The van der Waals surface area contributed by atoms with E-state index in [-0.39, 0.29) is 5.41 Å². The first-order valence-electron chi connectivity index (χ1n) is 6.82. The summed E-state index contributed by atoms with van der Waals surface area (Å²) in [6, 6.07) is 4.36. The lowest BCUT2D eigenvalue weighted by Gasteiger charge is -2.36. The highest BCUT2D eigenvalue weighted by atomic mass is 14.9. The molecule has 96 valence electrons. The molecule has 1 aliphatic rings. The fraction of sp³-hybridized carbons (Fsp3) is 0.667. The summed E-state index contributed by atoms with van der Waals surface area (Å²) in [4.78, 5) is 8.52. The highest BCUT2D eigenvalue weighted by molar-refractivity contribution is 5.07. The lowest BCUT2D eigenvalue weighted by atomic mass is 9.67. The lowest BCUT2D eigenvalue weighted by molar-refractivity contribution is 0.173. The van der Waals surface area contributed by atoms with Crippen molar-refractivity contribution >= 4 is 0 Å². The fourth-order valence-electron chi connectivity index (χ4n) is 2.91. The minimum absolute atomic E-state index is 0.229. The average molecular weight is 243 g/mol. The van der Waals surface area contributed by atoms with E-state index in [1.54, 1.807) is 12.4 Å². The molecule has 0 saturated heterocycles. The number of aromatic nitrogens is 2. The van der Waals surface area contributed by atoms with Crippen molar-refractivity contribution < 1.29 is 0 Å². The van der Waals surface area contributed by atoms with Gasteiger partial charge >= 0.3 is 0 Å². The smallest absolute Gasteiger partial charge is 0.129 e. The maximum Gasteiger partial charge on any atom is 0.129 e. The Morgan fingerprint density at radius 1 is 1.33 bits per heavy atom. The lowest BCUT2D eigenvalue weighted by Crippen LogP contribution is -2.30. The molecule has 0 spiro atoms. The molecule has 1 fully saturated rings. The second kappa shape index (κ2) is 5.48. The van der Waals surface area contributed by atoms with Crippen LogP contribution in [-0.2, 0) is 6.42 Å². The number of nitriles is 1. The summed E-state index contributed by atoms with van der Waals surface area (Å²) < 4.78 is 0. The van der Waals surface area contributed by atoms with Crippen LogP contribution in [0.25, 0.3) is 0 Å². The molecule has 2 rings (SSSR count). The van der Waals surface area contributed by atoms with Crippen LogP contribution < -0.4 is 0 Å². The molecule has 0 unspecified atom stereocenters. The zero-order chi connectivity index (χ0) is 13.0. The molecule has 1 aliphatic carbocycles. The Hall–Kier alpha value is -1.43. The summed E-state index contributed by atoms with van der Waals surface area (Å²) >= 11 is 0. The van der Waals surface area contributed by atoms with E-state index >= 15 is 0 Å². The molecule has 0 N–H and O–H groups in total. The van der Waals surface area contributed by atoms with E-state index in [4.69, 9.17) is 0 Å². The van der Waals surface area contributed by atoms with Gasteiger partial charge in [0.2, 0.25) is 0 Å². The summed E-state index contributed by atoms with van der Waals surface area (Å²) in [7, 11) is 0. The first kappa shape index (κ1) is 13.0. The van der Waals surface area contributed by atoms with Crippen LogP contribution in [0.5, 0.6) is 0 Å². The van der Waals surface area contributed by atoms with Crippen molar-refractivity contribution in [1.82, 2.24) is 9.97 Å². The topological polar surface area (TPSA) is 49.6 Å². The van der Waals surface area contributed by atoms with E-state index in [0.717, 1.165) is 43.3 Å². The van der Waals surface area contributed by atoms with Crippen molar-refractivity contribution in [1.29, 1.82) is 5.26 Å². The van der Waals surface area contributed by atoms with Crippen LogP contribution in [0.3, 0.4) is 0 Å². The SMILES string of the molecule is CC(C)C1CCC(C#N)(Cc2ncccn2)CC1. The largest absolute Gasteiger partial charge is 0.241 e. The molecular formula is C15H21N3. The monoisotopic (exact) mass is 243 g/mol. The fourth-order valence-corrected chi connectivity index (χ4v) is 2.91. The normalized spacial score (nSPS) is 28.0. The molecule has 1 aromatic rings. The molecule has 0 amide bonds. The summed E-state index contributed by atoms with van der Waals surface area (Å²) in [5.41, 5.74) is -0.229. The third kappa shape index (κ3) is 2.87. The first-order valence-corrected chi connectivity index (χ1v) is 6.82. The van der Waals surface area contributed by atoms with Gasteiger partial charge < -0.3 is 0 Å². The molecule has 0 atom stereocenters. The quantitative estimate of drug-likeness (QED) is 0.817. The van der Waals surface area contributed by atoms with Crippen molar-refractivity contribution in [3.8, 4) is 6.07 Å². The summed E-state index contributed by atoms with van der Waals surface area (Å²) in [5, 5.41) is 9.52. The van der Waals surface area contributed by atoms with Crippen molar-refractivity contribution in [2.45, 2.75) is 46.0 Å². The maximum atomic E-state index is 9.52. The zero-order valence-electron chi connectivity index (χ0n) is 11.3. The Labute approximate surface area is 109 Å². The van der Waals surface area contributed by atoms with Gasteiger partial charge in [0, 0.05) is 18.8 Å². The minimum atomic E-state index is -0.229. The van der Waals surface area contributed by atoms with Gasteiger partial charge in [-0.3, -0.25) is 0 Å². The van der Waals surface area contributed by atoms with Crippen molar-refractivity contribution in [2.24, 2.45) is 17.3 Å². The van der Waals surface area contributed by atoms with Gasteiger partial charge in [-0.05, 0) is 43.6 Å². The van der Waals surface area contributed by atoms with E-state index in [0.29, 0.717) is 6.42 Å². The average Bonchev–Trinajstić information content (AvgIpc) is 2.40. The number of nitrogens with zero attached hydrogens (tertiary/aromatic N) is 3. The van der Waals surface area contributed by atoms with E-state index in [9.17, 15) is 5.26 Å². The van der Waals surface area contributed by atoms with Gasteiger partial charge in [-0.2, -0.15) is 5.26 Å². The van der Waals surface area contributed by atoms with Gasteiger partial charge in [0.05, 0.1) is 11.5 Å². The van der Waals surface area contributed by atoms with Gasteiger partial charge in [0.25, 0.3) is 0 Å².